The van der Waals surface area contributed by atoms with Crippen molar-refractivity contribution >= 4 is 46.4 Å². The first-order chi connectivity index (χ1) is 13.9. The van der Waals surface area contributed by atoms with E-state index in [4.69, 9.17) is 16.3 Å². The molecule has 0 spiro atoms. The van der Waals surface area contributed by atoms with Crippen LogP contribution in [0, 0.1) is 0 Å². The first-order valence-corrected chi connectivity index (χ1v) is 9.80. The van der Waals surface area contributed by atoms with E-state index in [0.717, 1.165) is 25.1 Å². The van der Waals surface area contributed by atoms with Crippen LogP contribution in [0.15, 0.2) is 42.5 Å². The van der Waals surface area contributed by atoms with Gasteiger partial charge in [-0.15, -0.1) is 0 Å². The minimum absolute atomic E-state index is 0.0620. The molecule has 0 unspecified atom stereocenters. The first-order valence-electron chi connectivity index (χ1n) is 9.42. The molecule has 1 fully saturated rings. The molecule has 1 saturated heterocycles. The molecule has 0 aromatic heterocycles. The molecule has 2 aliphatic heterocycles. The standard InChI is InChI=1S/C21H20ClN3O4/c1-12(19(26)23-15-6-3-2-5-14(15)22)29-21(28)13-8-9-17-16(11-13)24-20(27)18-7-4-10-25(17)18/h2-3,5-6,8-9,11-12,18H,4,7,10H2,1H3,(H,23,26)(H,24,27)/t12-,18+/m0/s1. The Hall–Kier alpha value is -3.06. The van der Waals surface area contributed by atoms with Gasteiger partial charge in [-0.25, -0.2) is 4.79 Å². The lowest BCUT2D eigenvalue weighted by Crippen LogP contribution is -2.43. The molecule has 150 valence electrons. The van der Waals surface area contributed by atoms with E-state index in [9.17, 15) is 14.4 Å². The third kappa shape index (κ3) is 3.78. The molecular weight excluding hydrogens is 394 g/mol. The molecule has 0 saturated carbocycles. The molecule has 7 nitrogen and oxygen atoms in total. The van der Waals surface area contributed by atoms with Gasteiger partial charge in [-0.1, -0.05) is 23.7 Å². The van der Waals surface area contributed by atoms with Crippen molar-refractivity contribution in [3.8, 4) is 0 Å². The van der Waals surface area contributed by atoms with Crippen LogP contribution < -0.4 is 15.5 Å². The second-order valence-electron chi connectivity index (χ2n) is 7.09. The number of carbonyl (C=O) groups is 3. The zero-order valence-corrected chi connectivity index (χ0v) is 16.5. The highest BCUT2D eigenvalue weighted by atomic mass is 35.5. The summed E-state index contributed by atoms with van der Waals surface area (Å²) in [5.74, 6) is -1.20. The number of hydrogen-bond donors (Lipinski definition) is 2. The largest absolute Gasteiger partial charge is 0.449 e. The van der Waals surface area contributed by atoms with Gasteiger partial charge in [0, 0.05) is 6.54 Å². The summed E-state index contributed by atoms with van der Waals surface area (Å²) in [6.45, 7) is 2.30. The Bertz CT molecular complexity index is 994. The van der Waals surface area contributed by atoms with Crippen molar-refractivity contribution < 1.29 is 19.1 Å². The third-order valence-electron chi connectivity index (χ3n) is 5.14. The minimum Gasteiger partial charge on any atom is -0.449 e. The molecule has 8 heteroatoms. The van der Waals surface area contributed by atoms with Crippen LogP contribution in [0.3, 0.4) is 0 Å². The van der Waals surface area contributed by atoms with Crippen molar-refractivity contribution in [2.24, 2.45) is 0 Å². The quantitative estimate of drug-likeness (QED) is 0.749. The number of halogens is 1. The molecule has 0 bridgehead atoms. The van der Waals surface area contributed by atoms with E-state index >= 15 is 0 Å². The number of nitrogens with one attached hydrogen (secondary N) is 2. The average molecular weight is 414 g/mol. The number of rotatable bonds is 4. The lowest BCUT2D eigenvalue weighted by molar-refractivity contribution is -0.123. The van der Waals surface area contributed by atoms with Crippen LogP contribution in [0.2, 0.25) is 5.02 Å². The minimum atomic E-state index is -1.02. The van der Waals surface area contributed by atoms with Crippen LogP contribution in [0.1, 0.15) is 30.1 Å². The summed E-state index contributed by atoms with van der Waals surface area (Å²) in [6, 6.07) is 11.7. The molecule has 2 aromatic rings. The molecule has 29 heavy (non-hydrogen) atoms. The molecule has 2 N–H and O–H groups in total. The fourth-order valence-electron chi connectivity index (χ4n) is 3.64. The Morgan fingerprint density at radius 2 is 2.07 bits per heavy atom. The number of hydrogen-bond acceptors (Lipinski definition) is 5. The van der Waals surface area contributed by atoms with E-state index in [1.165, 1.54) is 6.92 Å². The van der Waals surface area contributed by atoms with Gasteiger partial charge in [0.15, 0.2) is 6.10 Å². The highest BCUT2D eigenvalue weighted by Crippen LogP contribution is 2.37. The van der Waals surface area contributed by atoms with Crippen LogP contribution in [0.4, 0.5) is 17.1 Å². The molecule has 2 heterocycles. The van der Waals surface area contributed by atoms with E-state index in [2.05, 4.69) is 15.5 Å². The molecule has 2 atom stereocenters. The normalized spacial score (nSPS) is 18.3. The van der Waals surface area contributed by atoms with Gasteiger partial charge in [0.1, 0.15) is 6.04 Å². The van der Waals surface area contributed by atoms with Gasteiger partial charge >= 0.3 is 5.97 Å². The Morgan fingerprint density at radius 3 is 2.86 bits per heavy atom. The van der Waals surface area contributed by atoms with Crippen LogP contribution in [0.25, 0.3) is 0 Å². The number of nitrogens with zero attached hydrogens (tertiary/aromatic N) is 1. The lowest BCUT2D eigenvalue weighted by Gasteiger charge is -2.33. The van der Waals surface area contributed by atoms with E-state index < -0.39 is 18.0 Å². The van der Waals surface area contributed by atoms with E-state index in [1.807, 2.05) is 0 Å². The van der Waals surface area contributed by atoms with Crippen molar-refractivity contribution in [3.63, 3.8) is 0 Å². The fourth-order valence-corrected chi connectivity index (χ4v) is 3.82. The molecular formula is C21H20ClN3O4. The van der Waals surface area contributed by atoms with Gasteiger partial charge in [0.05, 0.1) is 27.6 Å². The maximum Gasteiger partial charge on any atom is 0.338 e. The Labute approximate surface area is 173 Å². The molecule has 2 aromatic carbocycles. The maximum atomic E-state index is 12.5. The third-order valence-corrected chi connectivity index (χ3v) is 5.47. The number of esters is 1. The molecule has 0 aliphatic carbocycles. The van der Waals surface area contributed by atoms with E-state index in [1.54, 1.807) is 42.5 Å². The number of benzene rings is 2. The zero-order chi connectivity index (χ0) is 20.5. The van der Waals surface area contributed by atoms with Crippen LogP contribution in [-0.4, -0.2) is 36.5 Å². The number of anilines is 3. The van der Waals surface area contributed by atoms with Crippen molar-refractivity contribution in [3.05, 3.63) is 53.1 Å². The predicted octanol–water partition coefficient (Wildman–Crippen LogP) is 3.44. The second kappa shape index (κ2) is 7.75. The fraction of sp³-hybridized carbons (Fsp3) is 0.286. The monoisotopic (exact) mass is 413 g/mol. The van der Waals surface area contributed by atoms with Crippen molar-refractivity contribution in [1.82, 2.24) is 0 Å². The van der Waals surface area contributed by atoms with Crippen molar-refractivity contribution in [2.45, 2.75) is 31.9 Å². The highest BCUT2D eigenvalue weighted by molar-refractivity contribution is 6.33. The average Bonchev–Trinajstić information content (AvgIpc) is 3.20. The van der Waals surface area contributed by atoms with Gasteiger partial charge in [0.2, 0.25) is 5.91 Å². The maximum absolute atomic E-state index is 12.5. The van der Waals surface area contributed by atoms with E-state index in [0.29, 0.717) is 16.4 Å². The molecule has 2 amide bonds. The molecule has 4 rings (SSSR count). The first kappa shape index (κ1) is 19.3. The second-order valence-corrected chi connectivity index (χ2v) is 7.50. The summed E-state index contributed by atoms with van der Waals surface area (Å²) in [7, 11) is 0. The van der Waals surface area contributed by atoms with E-state index in [-0.39, 0.29) is 17.5 Å². The van der Waals surface area contributed by atoms with Crippen LogP contribution in [0.5, 0.6) is 0 Å². The number of para-hydroxylation sites is 1. The number of carbonyl (C=O) groups excluding carboxylic acids is 3. The van der Waals surface area contributed by atoms with Crippen LogP contribution >= 0.6 is 11.6 Å². The SMILES string of the molecule is C[C@H](OC(=O)c1ccc2c(c1)NC(=O)[C@H]1CCCN21)C(=O)Nc1ccccc1Cl. The lowest BCUT2D eigenvalue weighted by atomic mass is 10.1. The van der Waals surface area contributed by atoms with Gasteiger partial charge in [-0.3, -0.25) is 9.59 Å². The Balaban J connectivity index is 1.45. The summed E-state index contributed by atoms with van der Waals surface area (Å²) in [6.07, 6.45) is 0.763. The van der Waals surface area contributed by atoms with Crippen LogP contribution in [-0.2, 0) is 14.3 Å². The van der Waals surface area contributed by atoms with Gasteiger partial charge in [-0.05, 0) is 50.1 Å². The number of amides is 2. The molecule has 0 radical (unpaired) electrons. The van der Waals surface area contributed by atoms with Gasteiger partial charge in [0.25, 0.3) is 5.91 Å². The predicted molar refractivity (Wildman–Crippen MR) is 110 cm³/mol. The summed E-state index contributed by atoms with van der Waals surface area (Å²) in [5.41, 5.74) is 2.18. The smallest absolute Gasteiger partial charge is 0.338 e. The Morgan fingerprint density at radius 1 is 1.28 bits per heavy atom. The topological polar surface area (TPSA) is 87.7 Å². The van der Waals surface area contributed by atoms with Gasteiger partial charge in [-0.2, -0.15) is 0 Å². The summed E-state index contributed by atoms with van der Waals surface area (Å²) >= 11 is 6.03. The molecule has 2 aliphatic rings. The number of fused-ring (bicyclic) bond motifs is 3. The highest BCUT2D eigenvalue weighted by Gasteiger charge is 2.36. The Kier molecular flexibility index (Phi) is 5.15. The summed E-state index contributed by atoms with van der Waals surface area (Å²) in [4.78, 5) is 39.2. The van der Waals surface area contributed by atoms with Gasteiger partial charge < -0.3 is 20.3 Å². The zero-order valence-electron chi connectivity index (χ0n) is 15.8. The summed E-state index contributed by atoms with van der Waals surface area (Å²) < 4.78 is 5.29. The van der Waals surface area contributed by atoms with Crippen molar-refractivity contribution in [1.29, 1.82) is 0 Å². The number of ether oxygens (including phenoxy) is 1. The van der Waals surface area contributed by atoms with Crippen molar-refractivity contribution in [2.75, 3.05) is 22.1 Å². The summed E-state index contributed by atoms with van der Waals surface area (Å²) in [5, 5.41) is 5.89.